The summed E-state index contributed by atoms with van der Waals surface area (Å²) < 4.78 is 19.1. The van der Waals surface area contributed by atoms with Crippen molar-refractivity contribution in [2.45, 2.75) is 77.0 Å². The third-order valence-corrected chi connectivity index (χ3v) is 8.42. The SMILES string of the molecule is COc1ccc2ncc(CF)c([C@@H](O)CCC3(C(=O)O)CCN(CCC4CCCCC4)CC3)c2c1. The van der Waals surface area contributed by atoms with Crippen molar-refractivity contribution in [3.63, 3.8) is 0 Å². The molecule has 2 fully saturated rings. The van der Waals surface area contributed by atoms with E-state index in [1.54, 1.807) is 25.3 Å². The Balaban J connectivity index is 1.42. The van der Waals surface area contributed by atoms with E-state index in [0.29, 0.717) is 47.0 Å². The van der Waals surface area contributed by atoms with Gasteiger partial charge in [-0.05, 0) is 81.4 Å². The number of rotatable bonds is 10. The van der Waals surface area contributed by atoms with Crippen LogP contribution in [0, 0.1) is 11.3 Å². The normalized spacial score (nSPS) is 20.1. The lowest BCUT2D eigenvalue weighted by Gasteiger charge is -2.40. The number of methoxy groups -OCH3 is 1. The summed E-state index contributed by atoms with van der Waals surface area (Å²) in [6, 6.07) is 5.33. The predicted molar refractivity (Wildman–Crippen MR) is 134 cm³/mol. The molecule has 1 aliphatic heterocycles. The second-order valence-electron chi connectivity index (χ2n) is 10.5. The Morgan fingerprint density at radius 1 is 1.26 bits per heavy atom. The van der Waals surface area contributed by atoms with Crippen molar-refractivity contribution in [3.8, 4) is 5.75 Å². The van der Waals surface area contributed by atoms with E-state index in [2.05, 4.69) is 9.88 Å². The van der Waals surface area contributed by atoms with Crippen molar-refractivity contribution < 1.29 is 24.1 Å². The smallest absolute Gasteiger partial charge is 0.309 e. The van der Waals surface area contributed by atoms with E-state index in [4.69, 9.17) is 4.74 Å². The standard InChI is InChI=1S/C28H39FN2O4/c1-35-22-7-8-24-23(17-22)26(21(18-29)19-30-24)25(32)9-11-28(27(33)34)12-15-31(16-13-28)14-10-20-5-3-2-4-6-20/h7-8,17,19-20,25,32H,2-6,9-16,18H2,1H3,(H,33,34)/t25-/m0/s1. The number of pyridine rings is 1. The lowest BCUT2D eigenvalue weighted by Crippen LogP contribution is -2.45. The molecule has 192 valence electrons. The van der Waals surface area contributed by atoms with Gasteiger partial charge in [0.25, 0.3) is 0 Å². The number of aliphatic carboxylic acids is 1. The topological polar surface area (TPSA) is 82.9 Å². The molecule has 2 aromatic rings. The number of benzene rings is 1. The molecule has 7 heteroatoms. The molecule has 1 aromatic heterocycles. The van der Waals surface area contributed by atoms with Gasteiger partial charge in [-0.25, -0.2) is 4.39 Å². The molecule has 6 nitrogen and oxygen atoms in total. The summed E-state index contributed by atoms with van der Waals surface area (Å²) in [5.74, 6) is 0.638. The molecule has 1 atom stereocenters. The molecule has 35 heavy (non-hydrogen) atoms. The molecule has 4 rings (SSSR count). The maximum atomic E-state index is 13.8. The van der Waals surface area contributed by atoms with Crippen molar-refractivity contribution in [2.75, 3.05) is 26.7 Å². The summed E-state index contributed by atoms with van der Waals surface area (Å²) in [4.78, 5) is 19.1. The van der Waals surface area contributed by atoms with Gasteiger partial charge in [-0.1, -0.05) is 32.1 Å². The lowest BCUT2D eigenvalue weighted by molar-refractivity contribution is -0.153. The van der Waals surface area contributed by atoms with E-state index < -0.39 is 24.2 Å². The molecule has 0 bridgehead atoms. The number of hydrogen-bond acceptors (Lipinski definition) is 5. The first-order valence-corrected chi connectivity index (χ1v) is 13.1. The largest absolute Gasteiger partial charge is 0.497 e. The number of alkyl halides is 1. The minimum absolute atomic E-state index is 0.262. The Morgan fingerprint density at radius 3 is 2.66 bits per heavy atom. The number of carboxylic acids is 1. The molecule has 0 radical (unpaired) electrons. The zero-order valence-corrected chi connectivity index (χ0v) is 20.8. The minimum Gasteiger partial charge on any atom is -0.497 e. The molecule has 0 amide bonds. The van der Waals surface area contributed by atoms with Crippen LogP contribution in [0.1, 0.15) is 81.4 Å². The highest BCUT2D eigenvalue weighted by molar-refractivity contribution is 5.85. The molecule has 1 aliphatic carbocycles. The molecule has 1 saturated heterocycles. The van der Waals surface area contributed by atoms with Gasteiger partial charge in [0, 0.05) is 17.1 Å². The predicted octanol–water partition coefficient (Wildman–Crippen LogP) is 5.66. The number of piperidine rings is 1. The maximum absolute atomic E-state index is 13.8. The Labute approximate surface area is 207 Å². The Kier molecular flexibility index (Phi) is 8.60. The molecule has 1 saturated carbocycles. The molecule has 0 spiro atoms. The van der Waals surface area contributed by atoms with Crippen molar-refractivity contribution >= 4 is 16.9 Å². The van der Waals surface area contributed by atoms with Crippen molar-refractivity contribution in [2.24, 2.45) is 11.3 Å². The zero-order chi connectivity index (χ0) is 24.8. The van der Waals surface area contributed by atoms with Crippen LogP contribution in [-0.2, 0) is 11.5 Å². The summed E-state index contributed by atoms with van der Waals surface area (Å²) in [7, 11) is 1.56. The first-order valence-electron chi connectivity index (χ1n) is 13.1. The lowest BCUT2D eigenvalue weighted by atomic mass is 9.73. The average Bonchev–Trinajstić information content (AvgIpc) is 2.90. The minimum atomic E-state index is -0.973. The van der Waals surface area contributed by atoms with Crippen LogP contribution in [0.4, 0.5) is 4.39 Å². The summed E-state index contributed by atoms with van der Waals surface area (Å²) in [5, 5.41) is 22.0. The Morgan fingerprint density at radius 2 is 2.00 bits per heavy atom. The zero-order valence-electron chi connectivity index (χ0n) is 20.8. The third kappa shape index (κ3) is 5.95. The quantitative estimate of drug-likeness (QED) is 0.451. The highest BCUT2D eigenvalue weighted by Crippen LogP contribution is 2.41. The molecule has 2 N–H and O–H groups in total. The fourth-order valence-corrected chi connectivity index (χ4v) is 6.03. The second kappa shape index (κ2) is 11.7. The highest BCUT2D eigenvalue weighted by Gasteiger charge is 2.41. The monoisotopic (exact) mass is 486 g/mol. The van der Waals surface area contributed by atoms with E-state index >= 15 is 0 Å². The van der Waals surface area contributed by atoms with Crippen LogP contribution in [0.25, 0.3) is 10.9 Å². The number of aliphatic hydroxyl groups excluding tert-OH is 1. The van der Waals surface area contributed by atoms with Crippen LogP contribution in [0.15, 0.2) is 24.4 Å². The van der Waals surface area contributed by atoms with E-state index in [1.165, 1.54) is 44.7 Å². The molecule has 0 unspecified atom stereocenters. The number of nitrogens with zero attached hydrogens (tertiary/aromatic N) is 2. The number of carbonyl (C=O) groups is 1. The van der Waals surface area contributed by atoms with Crippen LogP contribution in [-0.4, -0.2) is 52.8 Å². The van der Waals surface area contributed by atoms with Gasteiger partial charge in [-0.15, -0.1) is 0 Å². The van der Waals surface area contributed by atoms with Crippen LogP contribution < -0.4 is 4.74 Å². The molecular formula is C28H39FN2O4. The summed E-state index contributed by atoms with van der Waals surface area (Å²) in [6.45, 7) is 1.86. The number of halogens is 1. The number of aromatic nitrogens is 1. The fraction of sp³-hybridized carbons (Fsp3) is 0.643. The van der Waals surface area contributed by atoms with Gasteiger partial charge in [0.15, 0.2) is 0 Å². The summed E-state index contributed by atoms with van der Waals surface area (Å²) in [6.07, 6.45) is 10.2. The van der Waals surface area contributed by atoms with Crippen LogP contribution in [0.3, 0.4) is 0 Å². The number of likely N-dealkylation sites (tertiary alicyclic amines) is 1. The van der Waals surface area contributed by atoms with Crippen molar-refractivity contribution in [3.05, 3.63) is 35.5 Å². The van der Waals surface area contributed by atoms with Gasteiger partial charge in [0.05, 0.1) is 24.1 Å². The average molecular weight is 487 g/mol. The first-order chi connectivity index (χ1) is 17.0. The third-order valence-electron chi connectivity index (χ3n) is 8.42. The van der Waals surface area contributed by atoms with Gasteiger partial charge in [-0.3, -0.25) is 9.78 Å². The Bertz CT molecular complexity index is 995. The van der Waals surface area contributed by atoms with Gasteiger partial charge in [-0.2, -0.15) is 0 Å². The van der Waals surface area contributed by atoms with Crippen LogP contribution in [0.2, 0.25) is 0 Å². The summed E-state index contributed by atoms with van der Waals surface area (Å²) >= 11 is 0. The summed E-state index contributed by atoms with van der Waals surface area (Å²) in [5.41, 5.74) is 0.622. The Hall–Kier alpha value is -2.25. The van der Waals surface area contributed by atoms with Gasteiger partial charge in [0.2, 0.25) is 0 Å². The molecule has 2 aliphatic rings. The van der Waals surface area contributed by atoms with Gasteiger partial charge < -0.3 is 19.8 Å². The number of aliphatic hydroxyl groups is 1. The van der Waals surface area contributed by atoms with E-state index in [9.17, 15) is 19.4 Å². The number of ether oxygens (including phenoxy) is 1. The number of carboxylic acid groups (broad SMARTS) is 1. The van der Waals surface area contributed by atoms with E-state index in [0.717, 1.165) is 25.6 Å². The van der Waals surface area contributed by atoms with Gasteiger partial charge in [0.1, 0.15) is 12.4 Å². The number of hydrogen-bond donors (Lipinski definition) is 2. The fourth-order valence-electron chi connectivity index (χ4n) is 6.03. The second-order valence-corrected chi connectivity index (χ2v) is 10.5. The molecule has 2 heterocycles. The number of fused-ring (bicyclic) bond motifs is 1. The van der Waals surface area contributed by atoms with Crippen molar-refractivity contribution in [1.82, 2.24) is 9.88 Å². The van der Waals surface area contributed by atoms with E-state index in [-0.39, 0.29) is 6.42 Å². The van der Waals surface area contributed by atoms with Gasteiger partial charge >= 0.3 is 5.97 Å². The molecule has 1 aromatic carbocycles. The first kappa shape index (κ1) is 25.8. The maximum Gasteiger partial charge on any atom is 0.309 e. The van der Waals surface area contributed by atoms with E-state index in [1.807, 2.05) is 0 Å². The highest BCUT2D eigenvalue weighted by atomic mass is 19.1. The van der Waals surface area contributed by atoms with Crippen LogP contribution >= 0.6 is 0 Å². The molecular weight excluding hydrogens is 447 g/mol. The van der Waals surface area contributed by atoms with Crippen LogP contribution in [0.5, 0.6) is 5.75 Å². The van der Waals surface area contributed by atoms with Crippen molar-refractivity contribution in [1.29, 1.82) is 0 Å².